The Balaban J connectivity index is 1.46. The van der Waals surface area contributed by atoms with Crippen molar-refractivity contribution in [1.29, 1.82) is 0 Å². The van der Waals surface area contributed by atoms with Crippen LogP contribution in [0.5, 0.6) is 0 Å². The van der Waals surface area contributed by atoms with Crippen LogP contribution in [0, 0.1) is 41.5 Å². The van der Waals surface area contributed by atoms with E-state index < -0.39 is 0 Å². The molecule has 6 aromatic carbocycles. The lowest BCUT2D eigenvalue weighted by molar-refractivity contribution is 1.06. The van der Waals surface area contributed by atoms with E-state index in [1.807, 2.05) is 0 Å². The van der Waals surface area contributed by atoms with Gasteiger partial charge in [0.1, 0.15) is 0 Å². The van der Waals surface area contributed by atoms with Gasteiger partial charge in [0.2, 0.25) is 0 Å². The van der Waals surface area contributed by atoms with Crippen LogP contribution in [0.1, 0.15) is 33.4 Å². The van der Waals surface area contributed by atoms with E-state index in [9.17, 15) is 0 Å². The van der Waals surface area contributed by atoms with Gasteiger partial charge < -0.3 is 0 Å². The fourth-order valence-corrected chi connectivity index (χ4v) is 7.47. The van der Waals surface area contributed by atoms with Gasteiger partial charge in [-0.1, -0.05) is 83.9 Å². The Morgan fingerprint density at radius 3 is 1.48 bits per heavy atom. The van der Waals surface area contributed by atoms with Crippen LogP contribution >= 0.6 is 0 Å². The summed E-state index contributed by atoms with van der Waals surface area (Å²) in [5, 5.41) is 7.72. The van der Waals surface area contributed by atoms with Crippen LogP contribution in [0.25, 0.3) is 77.6 Å². The smallest absolute Gasteiger partial charge is 0.164 e. The van der Waals surface area contributed by atoms with Crippen LogP contribution in [-0.4, -0.2) is 15.0 Å². The lowest BCUT2D eigenvalue weighted by Gasteiger charge is -2.16. The second-order valence-corrected chi connectivity index (χ2v) is 12.1. The van der Waals surface area contributed by atoms with Crippen molar-refractivity contribution in [1.82, 2.24) is 15.0 Å². The molecule has 1 aliphatic rings. The van der Waals surface area contributed by atoms with Gasteiger partial charge >= 0.3 is 0 Å². The number of rotatable bonds is 3. The molecule has 8 rings (SSSR count). The van der Waals surface area contributed by atoms with Crippen molar-refractivity contribution in [2.45, 2.75) is 41.5 Å². The number of hydrogen-bond acceptors (Lipinski definition) is 3. The lowest BCUT2D eigenvalue weighted by Crippen LogP contribution is -2.04. The molecule has 0 unspecified atom stereocenters. The molecule has 0 atom stereocenters. The molecule has 202 valence electrons. The topological polar surface area (TPSA) is 38.7 Å². The largest absolute Gasteiger partial charge is 0.208 e. The van der Waals surface area contributed by atoms with Gasteiger partial charge in [-0.3, -0.25) is 0 Å². The fraction of sp³-hybridized carbons (Fsp3) is 0.154. The number of benzene rings is 6. The number of aryl methyl sites for hydroxylation is 6. The van der Waals surface area contributed by atoms with E-state index in [1.54, 1.807) is 0 Å². The zero-order valence-electron chi connectivity index (χ0n) is 24.8. The molecule has 0 fully saturated rings. The van der Waals surface area contributed by atoms with Gasteiger partial charge in [0.15, 0.2) is 17.5 Å². The van der Waals surface area contributed by atoms with Crippen molar-refractivity contribution in [2.24, 2.45) is 0 Å². The number of aromatic nitrogens is 3. The van der Waals surface area contributed by atoms with Crippen molar-refractivity contribution >= 4 is 32.3 Å². The van der Waals surface area contributed by atoms with Crippen LogP contribution in [0.4, 0.5) is 0 Å². The molecule has 0 spiro atoms. The van der Waals surface area contributed by atoms with Crippen LogP contribution in [0.3, 0.4) is 0 Å². The summed E-state index contributed by atoms with van der Waals surface area (Å²) in [5.41, 5.74) is 13.0. The average molecular weight is 542 g/mol. The summed E-state index contributed by atoms with van der Waals surface area (Å²) in [4.78, 5) is 15.6. The monoisotopic (exact) mass is 541 g/mol. The highest BCUT2D eigenvalue weighted by molar-refractivity contribution is 6.34. The maximum Gasteiger partial charge on any atom is 0.164 e. The molecule has 0 saturated carbocycles. The minimum atomic E-state index is 0.711. The lowest BCUT2D eigenvalue weighted by atomic mass is 9.96. The van der Waals surface area contributed by atoms with E-state index >= 15 is 0 Å². The Hall–Kier alpha value is -4.89. The van der Waals surface area contributed by atoms with E-state index in [-0.39, 0.29) is 0 Å². The summed E-state index contributed by atoms with van der Waals surface area (Å²) >= 11 is 0. The molecule has 7 aromatic rings. The zero-order chi connectivity index (χ0) is 28.9. The van der Waals surface area contributed by atoms with Crippen LogP contribution < -0.4 is 0 Å². The second kappa shape index (κ2) is 8.80. The van der Waals surface area contributed by atoms with Crippen LogP contribution in [0.15, 0.2) is 78.9 Å². The summed E-state index contributed by atoms with van der Waals surface area (Å²) in [6, 6.07) is 29.0. The number of nitrogens with zero attached hydrogens (tertiary/aromatic N) is 3. The summed E-state index contributed by atoms with van der Waals surface area (Å²) in [6.45, 7) is 12.9. The van der Waals surface area contributed by atoms with Crippen LogP contribution in [-0.2, 0) is 0 Å². The molecule has 0 radical (unpaired) electrons. The van der Waals surface area contributed by atoms with E-state index in [4.69, 9.17) is 15.0 Å². The molecule has 0 N–H and O–H groups in total. The minimum absolute atomic E-state index is 0.711. The Kier molecular flexibility index (Phi) is 5.21. The van der Waals surface area contributed by atoms with Gasteiger partial charge in [-0.25, -0.2) is 15.0 Å². The predicted octanol–water partition coefficient (Wildman–Crippen LogP) is 10.2. The van der Waals surface area contributed by atoms with Gasteiger partial charge in [-0.2, -0.15) is 0 Å². The molecule has 3 heteroatoms. The van der Waals surface area contributed by atoms with Crippen molar-refractivity contribution in [3.8, 4) is 45.3 Å². The molecule has 42 heavy (non-hydrogen) atoms. The Morgan fingerprint density at radius 2 is 0.881 bits per heavy atom. The van der Waals surface area contributed by atoms with Crippen molar-refractivity contribution in [2.75, 3.05) is 0 Å². The van der Waals surface area contributed by atoms with E-state index in [0.717, 1.165) is 28.3 Å². The maximum atomic E-state index is 5.22. The number of fused-ring (bicyclic) bond motifs is 1. The number of hydrogen-bond donors (Lipinski definition) is 0. The minimum Gasteiger partial charge on any atom is -0.208 e. The zero-order valence-corrected chi connectivity index (χ0v) is 24.8. The average Bonchev–Trinajstić information content (AvgIpc) is 3.29. The van der Waals surface area contributed by atoms with Crippen molar-refractivity contribution in [3.63, 3.8) is 0 Å². The van der Waals surface area contributed by atoms with E-state index in [2.05, 4.69) is 120 Å². The molecule has 1 aromatic heterocycles. The van der Waals surface area contributed by atoms with Gasteiger partial charge in [0, 0.05) is 16.7 Å². The fourth-order valence-electron chi connectivity index (χ4n) is 7.47. The standard InChI is InChI=1S/C39H31N3/c1-20-16-22(3)32(23(4)17-20)38-40-37(41-39(42-38)33-24(5)18-21(2)19-25(33)6)31-15-14-29-28-9-7-8-26-10-11-27-12-13-30(31)36(29)35(27)34(26)28/h7-19H,1-6H3. The summed E-state index contributed by atoms with van der Waals surface area (Å²) < 4.78 is 0. The molecule has 0 saturated heterocycles. The van der Waals surface area contributed by atoms with Crippen molar-refractivity contribution in [3.05, 3.63) is 112 Å². The highest BCUT2D eigenvalue weighted by Gasteiger charge is 2.24. The highest BCUT2D eigenvalue weighted by atomic mass is 15.0. The molecule has 3 nitrogen and oxygen atoms in total. The van der Waals surface area contributed by atoms with Gasteiger partial charge in [0.05, 0.1) is 0 Å². The summed E-state index contributed by atoms with van der Waals surface area (Å²) in [5.74, 6) is 2.16. The first-order chi connectivity index (χ1) is 20.3. The third-order valence-electron chi connectivity index (χ3n) is 8.97. The molecule has 1 aliphatic carbocycles. The first-order valence-corrected chi connectivity index (χ1v) is 14.6. The van der Waals surface area contributed by atoms with E-state index in [1.165, 1.54) is 76.8 Å². The predicted molar refractivity (Wildman–Crippen MR) is 176 cm³/mol. The first kappa shape index (κ1) is 24.9. The van der Waals surface area contributed by atoms with Crippen molar-refractivity contribution < 1.29 is 0 Å². The molecular formula is C39H31N3. The Bertz CT molecular complexity index is 2190. The third-order valence-corrected chi connectivity index (χ3v) is 8.97. The van der Waals surface area contributed by atoms with E-state index in [0.29, 0.717) is 5.82 Å². The molecular weight excluding hydrogens is 510 g/mol. The Labute approximate surface area is 245 Å². The normalized spacial score (nSPS) is 12.0. The SMILES string of the molecule is Cc1cc(C)c(-c2nc(-c3c(C)cc(C)cc3C)nc(-c3ccc4c5c3ccc3ccc6cccc-4c6c35)n2)c(C)c1. The first-order valence-electron chi connectivity index (χ1n) is 14.6. The Morgan fingerprint density at radius 1 is 0.405 bits per heavy atom. The summed E-state index contributed by atoms with van der Waals surface area (Å²) in [7, 11) is 0. The maximum absolute atomic E-state index is 5.22. The van der Waals surface area contributed by atoms with Gasteiger partial charge in [-0.15, -0.1) is 0 Å². The molecule has 0 bridgehead atoms. The molecule has 0 aliphatic heterocycles. The summed E-state index contributed by atoms with van der Waals surface area (Å²) in [6.07, 6.45) is 0. The van der Waals surface area contributed by atoms with Crippen LogP contribution in [0.2, 0.25) is 0 Å². The second-order valence-electron chi connectivity index (χ2n) is 12.1. The third kappa shape index (κ3) is 3.50. The quantitative estimate of drug-likeness (QED) is 0.209. The molecule has 1 heterocycles. The highest BCUT2D eigenvalue weighted by Crippen LogP contribution is 2.49. The van der Waals surface area contributed by atoms with Gasteiger partial charge in [0.25, 0.3) is 0 Å². The van der Waals surface area contributed by atoms with Gasteiger partial charge in [-0.05, 0) is 113 Å². The molecule has 0 amide bonds.